The molecule has 5 aromatic rings. The molecule has 0 saturated carbocycles. The smallest absolute Gasteiger partial charge is 0.286 e. The lowest BCUT2D eigenvalue weighted by Crippen LogP contribution is -2.25. The SMILES string of the molecule is CC(Oc1ccc(CC2SC(=O)NC2=O)cc1)c1nc2ccc(Oc3ccc(-c4ccc(O)cc4)cc3)cc2[nH]1. The number of carbonyl (C=O) groups excluding carboxylic acids is 2. The lowest BCUT2D eigenvalue weighted by atomic mass is 10.1. The summed E-state index contributed by atoms with van der Waals surface area (Å²) in [5, 5.41) is 11.1. The fourth-order valence-corrected chi connectivity index (χ4v) is 5.34. The van der Waals surface area contributed by atoms with Crippen LogP contribution in [0.3, 0.4) is 0 Å². The number of rotatable bonds is 8. The molecule has 0 radical (unpaired) electrons. The number of aromatic nitrogens is 2. The van der Waals surface area contributed by atoms with Crippen molar-refractivity contribution >= 4 is 33.9 Å². The maximum atomic E-state index is 11.8. The molecule has 1 aliphatic rings. The molecule has 0 aliphatic carbocycles. The first-order valence-corrected chi connectivity index (χ1v) is 13.6. The quantitative estimate of drug-likeness (QED) is 0.195. The van der Waals surface area contributed by atoms with Crippen LogP contribution in [-0.2, 0) is 11.2 Å². The Labute approximate surface area is 234 Å². The van der Waals surface area contributed by atoms with Crippen LogP contribution in [0.5, 0.6) is 23.0 Å². The van der Waals surface area contributed by atoms with Crippen molar-refractivity contribution in [3.63, 3.8) is 0 Å². The predicted molar refractivity (Wildman–Crippen MR) is 154 cm³/mol. The van der Waals surface area contributed by atoms with Crippen LogP contribution in [0.25, 0.3) is 22.2 Å². The molecule has 3 N–H and O–H groups in total. The number of nitrogens with zero attached hydrogens (tertiary/aromatic N) is 1. The maximum Gasteiger partial charge on any atom is 0.286 e. The van der Waals surface area contributed by atoms with E-state index in [-0.39, 0.29) is 23.0 Å². The Kier molecular flexibility index (Phi) is 6.88. The number of phenolic OH excluding ortho intramolecular Hbond substituents is 1. The summed E-state index contributed by atoms with van der Waals surface area (Å²) in [7, 11) is 0. The third-order valence-corrected chi connectivity index (χ3v) is 7.55. The summed E-state index contributed by atoms with van der Waals surface area (Å²) in [6.45, 7) is 1.92. The summed E-state index contributed by atoms with van der Waals surface area (Å²) < 4.78 is 12.2. The van der Waals surface area contributed by atoms with E-state index in [9.17, 15) is 14.7 Å². The summed E-state index contributed by atoms with van der Waals surface area (Å²) in [5.74, 6) is 2.75. The molecule has 1 saturated heterocycles. The van der Waals surface area contributed by atoms with Crippen LogP contribution < -0.4 is 14.8 Å². The number of phenols is 1. The molecule has 1 aliphatic heterocycles. The van der Waals surface area contributed by atoms with Gasteiger partial charge in [-0.05, 0) is 78.6 Å². The molecule has 9 heteroatoms. The van der Waals surface area contributed by atoms with Gasteiger partial charge in [-0.25, -0.2) is 4.98 Å². The first kappa shape index (κ1) is 25.5. The number of thioether (sulfide) groups is 1. The zero-order valence-electron chi connectivity index (χ0n) is 21.5. The molecular weight excluding hydrogens is 526 g/mol. The van der Waals surface area contributed by atoms with E-state index in [4.69, 9.17) is 9.47 Å². The van der Waals surface area contributed by atoms with Crippen molar-refractivity contribution < 1.29 is 24.2 Å². The van der Waals surface area contributed by atoms with Crippen LogP contribution in [0.2, 0.25) is 0 Å². The lowest BCUT2D eigenvalue weighted by Gasteiger charge is -2.13. The lowest BCUT2D eigenvalue weighted by molar-refractivity contribution is -0.118. The number of ether oxygens (including phenoxy) is 2. The van der Waals surface area contributed by atoms with Crippen molar-refractivity contribution in [2.24, 2.45) is 0 Å². The van der Waals surface area contributed by atoms with Crippen LogP contribution in [0, 0.1) is 0 Å². The summed E-state index contributed by atoms with van der Waals surface area (Å²) in [4.78, 5) is 31.2. The fraction of sp³-hybridized carbons (Fsp3) is 0.129. The number of hydrogen-bond acceptors (Lipinski definition) is 7. The number of fused-ring (bicyclic) bond motifs is 1. The molecule has 2 amide bonds. The monoisotopic (exact) mass is 551 g/mol. The van der Waals surface area contributed by atoms with Gasteiger partial charge in [0, 0.05) is 6.07 Å². The Morgan fingerprint density at radius 1 is 0.875 bits per heavy atom. The molecule has 0 bridgehead atoms. The van der Waals surface area contributed by atoms with Gasteiger partial charge in [-0.2, -0.15) is 0 Å². The minimum atomic E-state index is -0.396. The molecule has 2 unspecified atom stereocenters. The predicted octanol–water partition coefficient (Wildman–Crippen LogP) is 6.76. The van der Waals surface area contributed by atoms with Gasteiger partial charge in [0.2, 0.25) is 5.91 Å². The molecule has 6 rings (SSSR count). The molecule has 1 fully saturated rings. The van der Waals surface area contributed by atoms with Crippen LogP contribution in [0.4, 0.5) is 4.79 Å². The van der Waals surface area contributed by atoms with Gasteiger partial charge >= 0.3 is 0 Å². The number of imidazole rings is 1. The molecule has 200 valence electrons. The van der Waals surface area contributed by atoms with Gasteiger partial charge in [0.05, 0.1) is 16.3 Å². The second-order valence-electron chi connectivity index (χ2n) is 9.47. The van der Waals surface area contributed by atoms with E-state index in [1.165, 1.54) is 0 Å². The zero-order chi connectivity index (χ0) is 27.6. The molecule has 4 aromatic carbocycles. The maximum absolute atomic E-state index is 11.8. The molecular formula is C31H25N3O5S. The standard InChI is InChI=1S/C31H25N3O5S/c1-18(38-23-10-2-19(3-11-23)16-28-30(36)34-31(37)40-28)29-32-26-15-14-25(17-27(26)33-29)39-24-12-6-21(7-13-24)20-4-8-22(35)9-5-20/h2-15,17-18,28,35H,16H2,1H3,(H,32,33)(H,34,36,37). The summed E-state index contributed by atoms with van der Waals surface area (Å²) in [6, 6.07) is 28.0. The number of benzene rings is 4. The molecule has 2 heterocycles. The van der Waals surface area contributed by atoms with Gasteiger partial charge in [0.1, 0.15) is 28.8 Å². The fourth-order valence-electron chi connectivity index (χ4n) is 4.48. The number of amides is 2. The van der Waals surface area contributed by atoms with Crippen molar-refractivity contribution in [3.8, 4) is 34.1 Å². The van der Waals surface area contributed by atoms with Crippen LogP contribution in [0.1, 0.15) is 24.4 Å². The Bertz CT molecular complexity index is 1680. The van der Waals surface area contributed by atoms with E-state index in [0.717, 1.165) is 39.5 Å². The van der Waals surface area contributed by atoms with Crippen molar-refractivity contribution in [2.75, 3.05) is 0 Å². The van der Waals surface area contributed by atoms with Crippen LogP contribution in [0.15, 0.2) is 91.0 Å². The third-order valence-electron chi connectivity index (χ3n) is 6.57. The average molecular weight is 552 g/mol. The first-order chi connectivity index (χ1) is 19.4. The van der Waals surface area contributed by atoms with Gasteiger partial charge in [-0.3, -0.25) is 14.9 Å². The number of aromatic amines is 1. The van der Waals surface area contributed by atoms with Gasteiger partial charge < -0.3 is 19.6 Å². The highest BCUT2D eigenvalue weighted by Gasteiger charge is 2.31. The molecule has 8 nitrogen and oxygen atoms in total. The normalized spacial score (nSPS) is 15.7. The summed E-state index contributed by atoms with van der Waals surface area (Å²) in [6.07, 6.45) is 0.151. The second kappa shape index (κ2) is 10.8. The van der Waals surface area contributed by atoms with Crippen molar-refractivity contribution in [3.05, 3.63) is 102 Å². The molecule has 40 heavy (non-hydrogen) atoms. The van der Waals surface area contributed by atoms with Crippen LogP contribution >= 0.6 is 11.8 Å². The number of hydrogen-bond donors (Lipinski definition) is 3. The van der Waals surface area contributed by atoms with Crippen molar-refractivity contribution in [2.45, 2.75) is 24.7 Å². The Balaban J connectivity index is 1.09. The summed E-state index contributed by atoms with van der Waals surface area (Å²) in [5.41, 5.74) is 4.63. The highest BCUT2D eigenvalue weighted by Crippen LogP contribution is 2.30. The number of aromatic hydroxyl groups is 1. The molecule has 1 aromatic heterocycles. The second-order valence-corrected chi connectivity index (χ2v) is 10.6. The van der Waals surface area contributed by atoms with Crippen molar-refractivity contribution in [1.29, 1.82) is 0 Å². The van der Waals surface area contributed by atoms with E-state index in [0.29, 0.717) is 29.5 Å². The topological polar surface area (TPSA) is 114 Å². The number of carbonyl (C=O) groups is 2. The minimum absolute atomic E-state index is 0.239. The Hall–Kier alpha value is -4.76. The Morgan fingerprint density at radius 3 is 2.20 bits per heavy atom. The number of nitrogens with one attached hydrogen (secondary N) is 2. The van der Waals surface area contributed by atoms with Gasteiger partial charge in [-0.1, -0.05) is 48.2 Å². The van der Waals surface area contributed by atoms with Gasteiger partial charge in [-0.15, -0.1) is 0 Å². The van der Waals surface area contributed by atoms with E-state index in [1.807, 2.05) is 85.8 Å². The summed E-state index contributed by atoms with van der Waals surface area (Å²) >= 11 is 1.02. The Morgan fingerprint density at radius 2 is 1.52 bits per heavy atom. The van der Waals surface area contributed by atoms with Gasteiger partial charge in [0.15, 0.2) is 6.10 Å². The molecule has 2 atom stereocenters. The minimum Gasteiger partial charge on any atom is -0.508 e. The zero-order valence-corrected chi connectivity index (χ0v) is 22.3. The van der Waals surface area contributed by atoms with E-state index in [2.05, 4.69) is 15.3 Å². The van der Waals surface area contributed by atoms with Crippen molar-refractivity contribution in [1.82, 2.24) is 15.3 Å². The van der Waals surface area contributed by atoms with Crippen LogP contribution in [-0.4, -0.2) is 31.5 Å². The van der Waals surface area contributed by atoms with Gasteiger partial charge in [0.25, 0.3) is 5.24 Å². The third kappa shape index (κ3) is 5.64. The first-order valence-electron chi connectivity index (χ1n) is 12.7. The van der Waals surface area contributed by atoms with E-state index < -0.39 is 5.25 Å². The number of H-pyrrole nitrogens is 1. The number of imide groups is 1. The largest absolute Gasteiger partial charge is 0.508 e. The van der Waals surface area contributed by atoms with E-state index >= 15 is 0 Å². The molecule has 0 spiro atoms. The highest BCUT2D eigenvalue weighted by atomic mass is 32.2. The van der Waals surface area contributed by atoms with E-state index in [1.54, 1.807) is 12.1 Å². The highest BCUT2D eigenvalue weighted by molar-refractivity contribution is 8.15. The average Bonchev–Trinajstić information content (AvgIpc) is 3.52.